The molecular formula is C31H29ClN2O7S. The van der Waals surface area contributed by atoms with E-state index in [9.17, 15) is 18.0 Å². The molecule has 11 heteroatoms. The van der Waals surface area contributed by atoms with Crippen LogP contribution in [0.2, 0.25) is 5.02 Å². The Hall–Kier alpha value is -4.54. The van der Waals surface area contributed by atoms with Gasteiger partial charge < -0.3 is 19.5 Å². The molecular weight excluding hydrogens is 580 g/mol. The minimum absolute atomic E-state index is 0.117. The van der Waals surface area contributed by atoms with Gasteiger partial charge in [-0.15, -0.1) is 0 Å². The van der Waals surface area contributed by atoms with E-state index < -0.39 is 22.5 Å². The molecule has 0 saturated heterocycles. The van der Waals surface area contributed by atoms with Gasteiger partial charge in [0, 0.05) is 22.2 Å². The molecule has 4 rings (SSSR count). The minimum Gasteiger partial charge on any atom is -0.494 e. The third-order valence-corrected chi connectivity index (χ3v) is 8.21. The second kappa shape index (κ2) is 13.4. The van der Waals surface area contributed by atoms with Crippen LogP contribution in [0.1, 0.15) is 22.8 Å². The van der Waals surface area contributed by atoms with Crippen LogP contribution in [0.5, 0.6) is 17.2 Å². The van der Waals surface area contributed by atoms with Gasteiger partial charge in [-0.25, -0.2) is 8.42 Å². The van der Waals surface area contributed by atoms with Gasteiger partial charge in [0.05, 0.1) is 37.1 Å². The maximum absolute atomic E-state index is 14.0. The van der Waals surface area contributed by atoms with Crippen LogP contribution in [0.25, 0.3) is 0 Å². The van der Waals surface area contributed by atoms with E-state index in [0.717, 1.165) is 4.31 Å². The summed E-state index contributed by atoms with van der Waals surface area (Å²) in [6.45, 7) is 1.66. The van der Waals surface area contributed by atoms with Crippen molar-refractivity contribution in [3.8, 4) is 17.2 Å². The third kappa shape index (κ3) is 6.84. The van der Waals surface area contributed by atoms with Gasteiger partial charge in [0.25, 0.3) is 10.0 Å². The Labute approximate surface area is 249 Å². The molecule has 0 aliphatic rings. The zero-order valence-electron chi connectivity index (χ0n) is 23.2. The second-order valence-corrected chi connectivity index (χ2v) is 11.2. The molecule has 0 fully saturated rings. The summed E-state index contributed by atoms with van der Waals surface area (Å²) < 4.78 is 44.9. The SMILES string of the molecule is CCOc1ccc(N(CC(=O)Nc2ccc(Cl)cc2C(=O)c2ccccc2)S(=O)(=O)c2ccc(OC)c(OC)c2)cc1. The predicted molar refractivity (Wildman–Crippen MR) is 162 cm³/mol. The third-order valence-electron chi connectivity index (χ3n) is 6.20. The lowest BCUT2D eigenvalue weighted by Crippen LogP contribution is -2.38. The summed E-state index contributed by atoms with van der Waals surface area (Å²) in [5.74, 6) is 0.0616. The van der Waals surface area contributed by atoms with E-state index >= 15 is 0 Å². The fourth-order valence-corrected chi connectivity index (χ4v) is 5.78. The Kier molecular flexibility index (Phi) is 9.72. The number of sulfonamides is 1. The van der Waals surface area contributed by atoms with Crippen molar-refractivity contribution >= 4 is 44.7 Å². The highest BCUT2D eigenvalue weighted by Gasteiger charge is 2.29. The molecule has 0 aliphatic carbocycles. The normalized spacial score (nSPS) is 11.0. The Balaban J connectivity index is 1.70. The summed E-state index contributed by atoms with van der Waals surface area (Å²) >= 11 is 6.18. The number of benzene rings is 4. The number of carbonyl (C=O) groups is 2. The van der Waals surface area contributed by atoms with Crippen molar-refractivity contribution in [2.45, 2.75) is 11.8 Å². The van der Waals surface area contributed by atoms with Gasteiger partial charge in [0.2, 0.25) is 5.91 Å². The van der Waals surface area contributed by atoms with E-state index in [-0.39, 0.29) is 33.4 Å². The van der Waals surface area contributed by atoms with Crippen molar-refractivity contribution in [2.24, 2.45) is 0 Å². The molecule has 0 spiro atoms. The first-order valence-electron chi connectivity index (χ1n) is 12.8. The zero-order valence-corrected chi connectivity index (χ0v) is 24.7. The molecule has 42 heavy (non-hydrogen) atoms. The summed E-state index contributed by atoms with van der Waals surface area (Å²) in [6, 6.07) is 23.5. The van der Waals surface area contributed by atoms with Crippen molar-refractivity contribution in [3.05, 3.63) is 107 Å². The first kappa shape index (κ1) is 30.4. The Morgan fingerprint density at radius 2 is 1.55 bits per heavy atom. The van der Waals surface area contributed by atoms with Crippen LogP contribution in [0, 0.1) is 0 Å². The van der Waals surface area contributed by atoms with E-state index in [0.29, 0.717) is 28.7 Å². The van der Waals surface area contributed by atoms with E-state index in [1.165, 1.54) is 50.6 Å². The highest BCUT2D eigenvalue weighted by atomic mass is 35.5. The zero-order chi connectivity index (χ0) is 30.3. The van der Waals surface area contributed by atoms with Crippen LogP contribution >= 0.6 is 11.6 Å². The largest absolute Gasteiger partial charge is 0.494 e. The number of methoxy groups -OCH3 is 2. The summed E-state index contributed by atoms with van der Waals surface area (Å²) in [7, 11) is -1.46. The van der Waals surface area contributed by atoms with Crippen LogP contribution in [-0.4, -0.2) is 47.5 Å². The molecule has 0 radical (unpaired) electrons. The molecule has 0 aromatic heterocycles. The molecule has 218 valence electrons. The van der Waals surface area contributed by atoms with E-state index in [1.54, 1.807) is 54.6 Å². The highest BCUT2D eigenvalue weighted by Crippen LogP contribution is 2.33. The van der Waals surface area contributed by atoms with Crippen LogP contribution in [0.15, 0.2) is 95.9 Å². The van der Waals surface area contributed by atoms with Gasteiger partial charge in [-0.3, -0.25) is 13.9 Å². The van der Waals surface area contributed by atoms with Crippen molar-refractivity contribution in [1.82, 2.24) is 0 Å². The molecule has 0 bridgehead atoms. The number of nitrogens with zero attached hydrogens (tertiary/aromatic N) is 1. The smallest absolute Gasteiger partial charge is 0.264 e. The summed E-state index contributed by atoms with van der Waals surface area (Å²) in [5, 5.41) is 3.00. The molecule has 1 amide bonds. The number of rotatable bonds is 12. The fraction of sp³-hybridized carbons (Fsp3) is 0.161. The van der Waals surface area contributed by atoms with Crippen molar-refractivity contribution in [1.29, 1.82) is 0 Å². The standard InChI is InChI=1S/C31H29ClN2O7S/c1-4-41-24-13-11-23(12-14-24)34(42(37,38)25-15-17-28(39-2)29(19-25)40-3)20-30(35)33-27-16-10-22(32)18-26(27)31(36)21-8-6-5-7-9-21/h5-19H,4,20H2,1-3H3,(H,33,35). The number of anilines is 2. The second-order valence-electron chi connectivity index (χ2n) is 8.89. The number of carbonyl (C=O) groups excluding carboxylic acids is 2. The van der Waals surface area contributed by atoms with Gasteiger partial charge in [-0.05, 0) is 61.5 Å². The lowest BCUT2D eigenvalue weighted by Gasteiger charge is -2.25. The topological polar surface area (TPSA) is 111 Å². The Morgan fingerprint density at radius 3 is 2.19 bits per heavy atom. The van der Waals surface area contributed by atoms with Crippen LogP contribution in [0.3, 0.4) is 0 Å². The number of nitrogens with one attached hydrogen (secondary N) is 1. The van der Waals surface area contributed by atoms with Gasteiger partial charge in [0.15, 0.2) is 17.3 Å². The number of ether oxygens (including phenoxy) is 3. The van der Waals surface area contributed by atoms with E-state index in [1.807, 2.05) is 6.92 Å². The van der Waals surface area contributed by atoms with Crippen molar-refractivity contribution in [3.63, 3.8) is 0 Å². The van der Waals surface area contributed by atoms with Gasteiger partial charge >= 0.3 is 0 Å². The summed E-state index contributed by atoms with van der Waals surface area (Å²) in [6.07, 6.45) is 0. The molecule has 0 saturated carbocycles. The van der Waals surface area contributed by atoms with Crippen molar-refractivity contribution < 1.29 is 32.2 Å². The molecule has 0 atom stereocenters. The van der Waals surface area contributed by atoms with Crippen LogP contribution in [-0.2, 0) is 14.8 Å². The van der Waals surface area contributed by atoms with Crippen molar-refractivity contribution in [2.75, 3.05) is 37.0 Å². The highest BCUT2D eigenvalue weighted by molar-refractivity contribution is 7.92. The molecule has 1 N–H and O–H groups in total. The monoisotopic (exact) mass is 608 g/mol. The van der Waals surface area contributed by atoms with Gasteiger partial charge in [-0.1, -0.05) is 41.9 Å². The average Bonchev–Trinajstić information content (AvgIpc) is 3.01. The number of hydrogen-bond donors (Lipinski definition) is 1. The maximum atomic E-state index is 14.0. The summed E-state index contributed by atoms with van der Waals surface area (Å²) in [5.41, 5.74) is 0.980. The average molecular weight is 609 g/mol. The van der Waals surface area contributed by atoms with Crippen LogP contribution in [0.4, 0.5) is 11.4 Å². The molecule has 4 aromatic carbocycles. The summed E-state index contributed by atoms with van der Waals surface area (Å²) in [4.78, 5) is 26.6. The van der Waals surface area contributed by atoms with E-state index in [2.05, 4.69) is 5.32 Å². The predicted octanol–water partition coefficient (Wildman–Crippen LogP) is 5.82. The number of amides is 1. The Bertz CT molecular complexity index is 1680. The maximum Gasteiger partial charge on any atom is 0.264 e. The lowest BCUT2D eigenvalue weighted by molar-refractivity contribution is -0.114. The molecule has 4 aromatic rings. The fourth-order valence-electron chi connectivity index (χ4n) is 4.17. The first-order chi connectivity index (χ1) is 20.2. The van der Waals surface area contributed by atoms with E-state index in [4.69, 9.17) is 25.8 Å². The molecule has 9 nitrogen and oxygen atoms in total. The van der Waals surface area contributed by atoms with Crippen LogP contribution < -0.4 is 23.8 Å². The first-order valence-corrected chi connectivity index (χ1v) is 14.7. The molecule has 0 unspecified atom stereocenters. The number of hydrogen-bond acceptors (Lipinski definition) is 7. The lowest BCUT2D eigenvalue weighted by atomic mass is 10.0. The Morgan fingerprint density at radius 1 is 0.857 bits per heavy atom. The molecule has 0 aliphatic heterocycles. The molecule has 0 heterocycles. The number of ketones is 1. The quantitative estimate of drug-likeness (QED) is 0.202. The minimum atomic E-state index is -4.29. The number of halogens is 1. The van der Waals surface area contributed by atoms with Gasteiger partial charge in [0.1, 0.15) is 12.3 Å². The van der Waals surface area contributed by atoms with Gasteiger partial charge in [-0.2, -0.15) is 0 Å².